The number of carbonyl (C=O) groups is 1. The normalized spacial score (nSPS) is 10.2. The van der Waals surface area contributed by atoms with Crippen molar-refractivity contribution in [3.8, 4) is 11.5 Å². The van der Waals surface area contributed by atoms with Crippen molar-refractivity contribution in [1.82, 2.24) is 0 Å². The fraction of sp³-hybridized carbons (Fsp3) is 0.133. The van der Waals surface area contributed by atoms with Crippen LogP contribution in [0, 0.1) is 6.92 Å². The Morgan fingerprint density at radius 3 is 2.63 bits per heavy atom. The molecule has 0 aromatic heterocycles. The fourth-order valence-electron chi connectivity index (χ4n) is 1.78. The van der Waals surface area contributed by atoms with Crippen molar-refractivity contribution in [1.29, 1.82) is 0 Å². The van der Waals surface area contributed by atoms with Gasteiger partial charge in [0.2, 0.25) is 0 Å². The van der Waals surface area contributed by atoms with Crippen molar-refractivity contribution in [2.45, 2.75) is 13.5 Å². The molecule has 0 bridgehead atoms. The molecule has 0 fully saturated rings. The van der Waals surface area contributed by atoms with Gasteiger partial charge < -0.3 is 14.9 Å². The molecule has 0 heterocycles. The number of para-hydroxylation sites is 1. The number of rotatable bonds is 4. The van der Waals surface area contributed by atoms with E-state index in [-0.39, 0.29) is 12.2 Å². The molecule has 0 aliphatic carbocycles. The van der Waals surface area contributed by atoms with Crippen LogP contribution < -0.4 is 4.74 Å². The van der Waals surface area contributed by atoms with Crippen LogP contribution >= 0.6 is 0 Å². The van der Waals surface area contributed by atoms with Gasteiger partial charge in [0.25, 0.3) is 0 Å². The number of hydrogen-bond donors (Lipinski definition) is 2. The minimum absolute atomic E-state index is 0.0865. The molecule has 98 valence electrons. The van der Waals surface area contributed by atoms with Gasteiger partial charge in [-0.1, -0.05) is 24.3 Å². The molecule has 2 aromatic rings. The second-order valence-electron chi connectivity index (χ2n) is 4.16. The predicted molar refractivity (Wildman–Crippen MR) is 70.6 cm³/mol. The first-order chi connectivity index (χ1) is 9.11. The van der Waals surface area contributed by atoms with Gasteiger partial charge in [-0.3, -0.25) is 0 Å². The molecular formula is C15H14O4. The highest BCUT2D eigenvalue weighted by Crippen LogP contribution is 2.29. The average molecular weight is 258 g/mol. The van der Waals surface area contributed by atoms with E-state index in [9.17, 15) is 4.79 Å². The molecule has 0 aliphatic heterocycles. The lowest BCUT2D eigenvalue weighted by Gasteiger charge is -2.12. The molecular weight excluding hydrogens is 244 g/mol. The largest absolute Gasteiger partial charge is 0.478 e. The lowest BCUT2D eigenvalue weighted by molar-refractivity contribution is 0.0694. The molecule has 0 saturated heterocycles. The van der Waals surface area contributed by atoms with Crippen LogP contribution in [0.2, 0.25) is 0 Å². The van der Waals surface area contributed by atoms with Crippen molar-refractivity contribution in [2.24, 2.45) is 0 Å². The van der Waals surface area contributed by atoms with Gasteiger partial charge in [0.05, 0.1) is 6.61 Å². The van der Waals surface area contributed by atoms with Gasteiger partial charge in [-0.05, 0) is 36.2 Å². The van der Waals surface area contributed by atoms with Gasteiger partial charge in [0, 0.05) is 0 Å². The van der Waals surface area contributed by atoms with E-state index < -0.39 is 5.97 Å². The van der Waals surface area contributed by atoms with E-state index in [1.54, 1.807) is 43.3 Å². The second-order valence-corrected chi connectivity index (χ2v) is 4.16. The third-order valence-electron chi connectivity index (χ3n) is 2.74. The highest BCUT2D eigenvalue weighted by molar-refractivity contribution is 5.91. The second kappa shape index (κ2) is 5.54. The molecule has 0 unspecified atom stereocenters. The molecule has 0 spiro atoms. The Balaban J connectivity index is 2.40. The number of aliphatic hydroxyl groups is 1. The number of benzene rings is 2. The van der Waals surface area contributed by atoms with Crippen LogP contribution in [0.3, 0.4) is 0 Å². The van der Waals surface area contributed by atoms with Gasteiger partial charge >= 0.3 is 5.97 Å². The SMILES string of the molecule is Cc1cccc(C(=O)O)c1Oc1cccc(CO)c1. The third-order valence-corrected chi connectivity index (χ3v) is 2.74. The molecule has 0 radical (unpaired) electrons. The Kier molecular flexibility index (Phi) is 3.82. The molecule has 4 nitrogen and oxygen atoms in total. The number of carboxylic acids is 1. The summed E-state index contributed by atoms with van der Waals surface area (Å²) < 4.78 is 5.65. The Hall–Kier alpha value is -2.33. The Morgan fingerprint density at radius 2 is 1.95 bits per heavy atom. The first kappa shape index (κ1) is 13.1. The minimum Gasteiger partial charge on any atom is -0.478 e. The number of aliphatic hydroxyl groups excluding tert-OH is 1. The number of aromatic carboxylic acids is 1. The smallest absolute Gasteiger partial charge is 0.339 e. The summed E-state index contributed by atoms with van der Waals surface area (Å²) in [4.78, 5) is 11.2. The zero-order chi connectivity index (χ0) is 13.8. The van der Waals surface area contributed by atoms with Crippen LogP contribution in [0.4, 0.5) is 0 Å². The summed E-state index contributed by atoms with van der Waals surface area (Å²) >= 11 is 0. The van der Waals surface area contributed by atoms with Gasteiger partial charge in [-0.2, -0.15) is 0 Å². The quantitative estimate of drug-likeness (QED) is 0.884. The zero-order valence-electron chi connectivity index (χ0n) is 10.5. The molecule has 4 heteroatoms. The summed E-state index contributed by atoms with van der Waals surface area (Å²) in [6.07, 6.45) is 0. The summed E-state index contributed by atoms with van der Waals surface area (Å²) in [5, 5.41) is 18.2. The maximum atomic E-state index is 11.2. The van der Waals surface area contributed by atoms with E-state index in [1.807, 2.05) is 0 Å². The van der Waals surface area contributed by atoms with E-state index in [1.165, 1.54) is 6.07 Å². The van der Waals surface area contributed by atoms with E-state index in [4.69, 9.17) is 14.9 Å². The van der Waals surface area contributed by atoms with E-state index in [0.29, 0.717) is 17.1 Å². The first-order valence-electron chi connectivity index (χ1n) is 5.82. The summed E-state index contributed by atoms with van der Waals surface area (Å²) in [6, 6.07) is 11.9. The molecule has 0 saturated carbocycles. The number of aryl methyl sites for hydroxylation is 1. The lowest BCUT2D eigenvalue weighted by Crippen LogP contribution is -2.01. The lowest BCUT2D eigenvalue weighted by atomic mass is 10.1. The standard InChI is InChI=1S/C15H14O4/c1-10-4-2-7-13(15(17)18)14(10)19-12-6-3-5-11(8-12)9-16/h2-8,16H,9H2,1H3,(H,17,18). The third kappa shape index (κ3) is 2.92. The highest BCUT2D eigenvalue weighted by Gasteiger charge is 2.14. The van der Waals surface area contributed by atoms with Gasteiger partial charge in [-0.25, -0.2) is 4.79 Å². The first-order valence-corrected chi connectivity index (χ1v) is 5.82. The zero-order valence-corrected chi connectivity index (χ0v) is 10.5. The van der Waals surface area contributed by atoms with E-state index >= 15 is 0 Å². The van der Waals surface area contributed by atoms with Crippen molar-refractivity contribution in [2.75, 3.05) is 0 Å². The molecule has 0 amide bonds. The maximum absolute atomic E-state index is 11.2. The molecule has 2 N–H and O–H groups in total. The van der Waals surface area contributed by atoms with E-state index in [2.05, 4.69) is 0 Å². The van der Waals surface area contributed by atoms with Gasteiger partial charge in [-0.15, -0.1) is 0 Å². The van der Waals surface area contributed by atoms with Gasteiger partial charge in [0.15, 0.2) is 0 Å². The highest BCUT2D eigenvalue weighted by atomic mass is 16.5. The van der Waals surface area contributed by atoms with Crippen molar-refractivity contribution >= 4 is 5.97 Å². The van der Waals surface area contributed by atoms with Crippen LogP contribution in [0.15, 0.2) is 42.5 Å². The maximum Gasteiger partial charge on any atom is 0.339 e. The molecule has 19 heavy (non-hydrogen) atoms. The number of carboxylic acid groups (broad SMARTS) is 1. The summed E-state index contributed by atoms with van der Waals surface area (Å²) in [6.45, 7) is 1.70. The van der Waals surface area contributed by atoms with Gasteiger partial charge in [0.1, 0.15) is 17.1 Å². The van der Waals surface area contributed by atoms with E-state index in [0.717, 1.165) is 5.56 Å². The predicted octanol–water partition coefficient (Wildman–Crippen LogP) is 2.98. The Labute approximate surface area is 110 Å². The van der Waals surface area contributed by atoms with Crippen LogP contribution in [0.25, 0.3) is 0 Å². The average Bonchev–Trinajstić information content (AvgIpc) is 2.41. The number of hydrogen-bond acceptors (Lipinski definition) is 3. The molecule has 2 aromatic carbocycles. The fourth-order valence-corrected chi connectivity index (χ4v) is 1.78. The van der Waals surface area contributed by atoms with Crippen molar-refractivity contribution in [3.63, 3.8) is 0 Å². The number of ether oxygens (including phenoxy) is 1. The molecule has 2 rings (SSSR count). The van der Waals surface area contributed by atoms with Crippen LogP contribution in [0.5, 0.6) is 11.5 Å². The van der Waals surface area contributed by atoms with Crippen molar-refractivity contribution < 1.29 is 19.7 Å². The molecule has 0 atom stereocenters. The van der Waals surface area contributed by atoms with Crippen molar-refractivity contribution in [3.05, 3.63) is 59.2 Å². The summed E-state index contributed by atoms with van der Waals surface area (Å²) in [5.41, 5.74) is 1.58. The van der Waals surface area contributed by atoms with Crippen LogP contribution in [0.1, 0.15) is 21.5 Å². The van der Waals surface area contributed by atoms with Crippen LogP contribution in [-0.4, -0.2) is 16.2 Å². The summed E-state index contributed by atoms with van der Waals surface area (Å²) in [7, 11) is 0. The molecule has 0 aliphatic rings. The summed E-state index contributed by atoms with van der Waals surface area (Å²) in [5.74, 6) is -0.203. The topological polar surface area (TPSA) is 66.8 Å². The minimum atomic E-state index is -1.03. The van der Waals surface area contributed by atoms with Crippen LogP contribution in [-0.2, 0) is 6.61 Å². The Morgan fingerprint density at radius 1 is 1.21 bits per heavy atom. The Bertz CT molecular complexity index is 605. The monoisotopic (exact) mass is 258 g/mol.